The summed E-state index contributed by atoms with van der Waals surface area (Å²) in [6, 6.07) is 11.2. The number of pyridine rings is 1. The van der Waals surface area contributed by atoms with Crippen LogP contribution in [0.15, 0.2) is 55.1 Å². The van der Waals surface area contributed by atoms with Gasteiger partial charge in [0.15, 0.2) is 0 Å². The molecule has 0 atom stereocenters. The highest BCUT2D eigenvalue weighted by molar-refractivity contribution is 6.31. The third kappa shape index (κ3) is 5.01. The molecule has 7 heteroatoms. The van der Waals surface area contributed by atoms with E-state index in [1.54, 1.807) is 30.4 Å². The van der Waals surface area contributed by atoms with Gasteiger partial charge in [-0.25, -0.2) is 9.97 Å². The van der Waals surface area contributed by atoms with Crippen molar-refractivity contribution in [2.75, 3.05) is 18.9 Å². The summed E-state index contributed by atoms with van der Waals surface area (Å²) in [7, 11) is 1.76. The van der Waals surface area contributed by atoms with Crippen molar-refractivity contribution < 1.29 is 4.79 Å². The number of anilines is 2. The van der Waals surface area contributed by atoms with Crippen molar-refractivity contribution in [1.82, 2.24) is 19.9 Å². The van der Waals surface area contributed by atoms with Gasteiger partial charge in [0.05, 0.1) is 0 Å². The highest BCUT2D eigenvalue weighted by Gasteiger charge is 2.14. The van der Waals surface area contributed by atoms with Crippen LogP contribution in [0.2, 0.25) is 5.02 Å². The van der Waals surface area contributed by atoms with Gasteiger partial charge in [-0.1, -0.05) is 17.7 Å². The van der Waals surface area contributed by atoms with E-state index in [0.717, 1.165) is 23.2 Å². The van der Waals surface area contributed by atoms with Crippen molar-refractivity contribution in [3.05, 3.63) is 77.0 Å². The van der Waals surface area contributed by atoms with Crippen molar-refractivity contribution in [3.63, 3.8) is 0 Å². The van der Waals surface area contributed by atoms with Crippen molar-refractivity contribution >= 4 is 29.0 Å². The summed E-state index contributed by atoms with van der Waals surface area (Å²) in [5.41, 5.74) is 3.26. The van der Waals surface area contributed by atoms with Crippen LogP contribution in [0.4, 0.5) is 11.5 Å². The summed E-state index contributed by atoms with van der Waals surface area (Å²) in [6.07, 6.45) is 5.62. The fourth-order valence-corrected chi connectivity index (χ4v) is 2.69. The van der Waals surface area contributed by atoms with Gasteiger partial charge >= 0.3 is 0 Å². The number of amides is 1. The molecule has 0 radical (unpaired) electrons. The lowest BCUT2D eigenvalue weighted by molar-refractivity contribution is 0.0790. The van der Waals surface area contributed by atoms with Crippen LogP contribution in [-0.2, 0) is 6.42 Å². The molecule has 0 unspecified atom stereocenters. The Bertz CT molecular complexity index is 933. The van der Waals surface area contributed by atoms with E-state index in [1.165, 1.54) is 6.33 Å². The van der Waals surface area contributed by atoms with Crippen LogP contribution in [0, 0.1) is 6.92 Å². The highest BCUT2D eigenvalue weighted by Crippen LogP contribution is 2.22. The number of hydrogen-bond donors (Lipinski definition) is 1. The van der Waals surface area contributed by atoms with Crippen molar-refractivity contribution in [3.8, 4) is 0 Å². The minimum Gasteiger partial charge on any atom is -0.340 e. The largest absolute Gasteiger partial charge is 0.340 e. The van der Waals surface area contributed by atoms with Gasteiger partial charge in [0.1, 0.15) is 17.8 Å². The minimum atomic E-state index is -0.156. The van der Waals surface area contributed by atoms with Crippen LogP contribution in [0.25, 0.3) is 0 Å². The monoisotopic (exact) mass is 381 g/mol. The lowest BCUT2D eigenvalue weighted by Gasteiger charge is -2.17. The minimum absolute atomic E-state index is 0.156. The number of benzene rings is 1. The SMILES string of the molecule is Cc1ccc(Nc2cc(C(=O)N(C)CCc3ccncc3)ncn2)cc1Cl. The van der Waals surface area contributed by atoms with Gasteiger partial charge in [0.2, 0.25) is 0 Å². The Morgan fingerprint density at radius 2 is 1.93 bits per heavy atom. The third-order valence-corrected chi connectivity index (χ3v) is 4.57. The smallest absolute Gasteiger partial charge is 0.272 e. The standard InChI is InChI=1S/C20H20ClN5O/c1-14-3-4-16(11-17(14)21)25-19-12-18(23-13-24-19)20(27)26(2)10-7-15-5-8-22-9-6-15/h3-6,8-9,11-13H,7,10H2,1-2H3,(H,23,24,25). The van der Waals surface area contributed by atoms with Gasteiger partial charge in [-0.3, -0.25) is 9.78 Å². The molecular weight excluding hydrogens is 362 g/mol. The summed E-state index contributed by atoms with van der Waals surface area (Å²) < 4.78 is 0. The van der Waals surface area contributed by atoms with Gasteiger partial charge < -0.3 is 10.2 Å². The van der Waals surface area contributed by atoms with Crippen LogP contribution < -0.4 is 5.32 Å². The maximum atomic E-state index is 12.6. The Balaban J connectivity index is 1.66. The van der Waals surface area contributed by atoms with E-state index in [4.69, 9.17) is 11.6 Å². The second-order valence-electron chi connectivity index (χ2n) is 6.21. The molecule has 3 rings (SSSR count). The molecule has 1 aromatic carbocycles. The summed E-state index contributed by atoms with van der Waals surface area (Å²) in [4.78, 5) is 26.6. The first-order chi connectivity index (χ1) is 13.0. The maximum Gasteiger partial charge on any atom is 0.272 e. The van der Waals surface area contributed by atoms with Crippen LogP contribution in [0.1, 0.15) is 21.6 Å². The van der Waals surface area contributed by atoms with Gasteiger partial charge in [-0.05, 0) is 48.7 Å². The predicted octanol–water partition coefficient (Wildman–Crippen LogP) is 3.89. The molecule has 0 aliphatic heterocycles. The molecule has 3 aromatic rings. The summed E-state index contributed by atoms with van der Waals surface area (Å²) in [6.45, 7) is 2.53. The second-order valence-corrected chi connectivity index (χ2v) is 6.62. The molecule has 0 saturated carbocycles. The number of aryl methyl sites for hydroxylation is 1. The molecule has 0 spiro atoms. The molecule has 0 aliphatic carbocycles. The van der Waals surface area contributed by atoms with Crippen molar-refractivity contribution in [1.29, 1.82) is 0 Å². The molecule has 6 nitrogen and oxygen atoms in total. The first kappa shape index (κ1) is 18.8. The van der Waals surface area contributed by atoms with E-state index < -0.39 is 0 Å². The van der Waals surface area contributed by atoms with E-state index in [2.05, 4.69) is 20.3 Å². The zero-order chi connectivity index (χ0) is 19.2. The molecular formula is C20H20ClN5O. The molecule has 138 valence electrons. The number of carbonyl (C=O) groups is 1. The van der Waals surface area contributed by atoms with E-state index in [-0.39, 0.29) is 5.91 Å². The lowest BCUT2D eigenvalue weighted by Crippen LogP contribution is -2.29. The molecule has 1 amide bonds. The van der Waals surface area contributed by atoms with Gasteiger partial charge in [-0.2, -0.15) is 0 Å². The first-order valence-corrected chi connectivity index (χ1v) is 8.90. The second kappa shape index (κ2) is 8.60. The zero-order valence-electron chi connectivity index (χ0n) is 15.2. The Labute approximate surface area is 163 Å². The van der Waals surface area contributed by atoms with Crippen LogP contribution in [-0.4, -0.2) is 39.4 Å². The average molecular weight is 382 g/mol. The Morgan fingerprint density at radius 3 is 2.67 bits per heavy atom. The lowest BCUT2D eigenvalue weighted by atomic mass is 10.2. The number of hydrogen-bond acceptors (Lipinski definition) is 5. The molecule has 2 aromatic heterocycles. The topological polar surface area (TPSA) is 71.0 Å². The van der Waals surface area contributed by atoms with E-state index in [1.807, 2.05) is 37.3 Å². The van der Waals surface area contributed by atoms with E-state index >= 15 is 0 Å². The Morgan fingerprint density at radius 1 is 1.15 bits per heavy atom. The normalized spacial score (nSPS) is 10.5. The number of rotatable bonds is 6. The van der Waals surface area contributed by atoms with Gasteiger partial charge in [-0.15, -0.1) is 0 Å². The predicted molar refractivity (Wildman–Crippen MR) is 106 cm³/mol. The fraction of sp³-hybridized carbons (Fsp3) is 0.200. The third-order valence-electron chi connectivity index (χ3n) is 4.16. The number of aromatic nitrogens is 3. The van der Waals surface area contributed by atoms with Crippen molar-refractivity contribution in [2.45, 2.75) is 13.3 Å². The number of likely N-dealkylation sites (N-methyl/N-ethyl adjacent to an activating group) is 1. The number of nitrogens with one attached hydrogen (secondary N) is 1. The summed E-state index contributed by atoms with van der Waals surface area (Å²) in [5, 5.41) is 3.82. The molecule has 1 N–H and O–H groups in total. The Kier molecular flexibility index (Phi) is 5.98. The van der Waals surface area contributed by atoms with Crippen LogP contribution in [0.3, 0.4) is 0 Å². The van der Waals surface area contributed by atoms with Crippen LogP contribution >= 0.6 is 11.6 Å². The fourth-order valence-electron chi connectivity index (χ4n) is 2.50. The number of carbonyl (C=O) groups excluding carboxylic acids is 1. The summed E-state index contributed by atoms with van der Waals surface area (Å²) >= 11 is 6.15. The quantitative estimate of drug-likeness (QED) is 0.701. The molecule has 0 aliphatic rings. The molecule has 0 fully saturated rings. The van der Waals surface area contributed by atoms with Gasteiger partial charge in [0.25, 0.3) is 5.91 Å². The average Bonchev–Trinajstić information content (AvgIpc) is 2.69. The molecule has 2 heterocycles. The summed E-state index contributed by atoms with van der Waals surface area (Å²) in [5.74, 6) is 0.382. The highest BCUT2D eigenvalue weighted by atomic mass is 35.5. The van der Waals surface area contributed by atoms with Crippen LogP contribution in [0.5, 0.6) is 0 Å². The zero-order valence-corrected chi connectivity index (χ0v) is 15.9. The molecule has 0 saturated heterocycles. The maximum absolute atomic E-state index is 12.6. The van der Waals surface area contributed by atoms with Crippen molar-refractivity contribution in [2.24, 2.45) is 0 Å². The molecule has 27 heavy (non-hydrogen) atoms. The molecule has 0 bridgehead atoms. The first-order valence-electron chi connectivity index (χ1n) is 8.52. The van der Waals surface area contributed by atoms with E-state index in [9.17, 15) is 4.79 Å². The number of nitrogens with zero attached hydrogens (tertiary/aromatic N) is 4. The van der Waals surface area contributed by atoms with E-state index in [0.29, 0.717) is 23.1 Å². The number of halogens is 1. The van der Waals surface area contributed by atoms with Gasteiger partial charge in [0, 0.05) is 42.8 Å². The Hall–Kier alpha value is -2.99.